The van der Waals surface area contributed by atoms with Crippen LogP contribution in [0.3, 0.4) is 0 Å². The van der Waals surface area contributed by atoms with Gasteiger partial charge in [-0.3, -0.25) is 4.79 Å². The second-order valence-electron chi connectivity index (χ2n) is 7.65. The van der Waals surface area contributed by atoms with Crippen LogP contribution in [-0.2, 0) is 32.7 Å². The summed E-state index contributed by atoms with van der Waals surface area (Å²) in [6.07, 6.45) is 0.654. The maximum atomic E-state index is 12.5. The molecule has 2 aromatic rings. The molecule has 0 saturated carbocycles. The van der Waals surface area contributed by atoms with E-state index in [0.717, 1.165) is 22.4 Å². The molecule has 0 aliphatic carbocycles. The Morgan fingerprint density at radius 1 is 0.929 bits per heavy atom. The van der Waals surface area contributed by atoms with E-state index < -0.39 is 0 Å². The molecule has 0 radical (unpaired) electrons. The number of carbonyl (C=O) groups is 2. The number of benzene rings is 2. The first-order chi connectivity index (χ1) is 13.2. The number of hydrogen-bond donors (Lipinski definition) is 0. The Morgan fingerprint density at radius 2 is 1.57 bits per heavy atom. The summed E-state index contributed by atoms with van der Waals surface area (Å²) < 4.78 is 15.8. The van der Waals surface area contributed by atoms with Gasteiger partial charge in [-0.05, 0) is 34.7 Å². The molecule has 0 aromatic heterocycles. The minimum absolute atomic E-state index is 0.149. The molecule has 0 saturated heterocycles. The molecule has 2 aromatic carbocycles. The Bertz CT molecular complexity index is 816. The number of carbonyl (C=O) groups excluding carboxylic acids is 2. The van der Waals surface area contributed by atoms with Gasteiger partial charge in [0.05, 0.1) is 19.3 Å². The van der Waals surface area contributed by atoms with Gasteiger partial charge >= 0.3 is 11.9 Å². The minimum Gasteiger partial charge on any atom is -0.496 e. The molecule has 2 rings (SSSR count). The van der Waals surface area contributed by atoms with Crippen LogP contribution in [0.4, 0.5) is 0 Å². The van der Waals surface area contributed by atoms with E-state index in [1.807, 2.05) is 30.3 Å². The summed E-state index contributed by atoms with van der Waals surface area (Å²) in [6, 6.07) is 13.0. The molecule has 5 nitrogen and oxygen atoms in total. The highest BCUT2D eigenvalue weighted by atomic mass is 16.5. The van der Waals surface area contributed by atoms with Crippen molar-refractivity contribution in [1.82, 2.24) is 0 Å². The van der Waals surface area contributed by atoms with Crippen LogP contribution in [0.15, 0.2) is 42.5 Å². The van der Waals surface area contributed by atoms with Crippen LogP contribution >= 0.6 is 0 Å². The SMILES string of the molecule is COc1ccc(C(=O)OCc2ccc(CCOC(C)=O)cc2)cc1C(C)(C)C. The van der Waals surface area contributed by atoms with Crippen LogP contribution in [0.5, 0.6) is 5.75 Å². The summed E-state index contributed by atoms with van der Waals surface area (Å²) in [4.78, 5) is 23.2. The van der Waals surface area contributed by atoms with E-state index in [1.54, 1.807) is 19.2 Å². The van der Waals surface area contributed by atoms with E-state index in [9.17, 15) is 9.59 Å². The molecule has 0 aliphatic heterocycles. The zero-order valence-electron chi connectivity index (χ0n) is 17.2. The lowest BCUT2D eigenvalue weighted by atomic mass is 9.85. The average Bonchev–Trinajstić information content (AvgIpc) is 2.65. The third-order valence-corrected chi connectivity index (χ3v) is 4.33. The van der Waals surface area contributed by atoms with Crippen molar-refractivity contribution < 1.29 is 23.8 Å². The highest BCUT2D eigenvalue weighted by molar-refractivity contribution is 5.90. The highest BCUT2D eigenvalue weighted by Gasteiger charge is 2.21. The first kappa shape index (κ1) is 21.5. The molecule has 0 atom stereocenters. The number of ether oxygens (including phenoxy) is 3. The van der Waals surface area contributed by atoms with Gasteiger partial charge in [0.1, 0.15) is 12.4 Å². The summed E-state index contributed by atoms with van der Waals surface area (Å²) in [5.74, 6) is 0.108. The standard InChI is InChI=1S/C23H28O5/c1-16(24)27-13-12-17-6-8-18(9-7-17)15-28-22(25)19-10-11-21(26-5)20(14-19)23(2,3)4/h6-11,14H,12-13,15H2,1-5H3. The largest absolute Gasteiger partial charge is 0.496 e. The minimum atomic E-state index is -0.368. The highest BCUT2D eigenvalue weighted by Crippen LogP contribution is 2.32. The monoisotopic (exact) mass is 384 g/mol. The lowest BCUT2D eigenvalue weighted by Gasteiger charge is -2.22. The van der Waals surface area contributed by atoms with Crippen LogP contribution in [-0.4, -0.2) is 25.7 Å². The smallest absolute Gasteiger partial charge is 0.338 e. The molecule has 0 spiro atoms. The van der Waals surface area contributed by atoms with Crippen molar-refractivity contribution in [1.29, 1.82) is 0 Å². The lowest BCUT2D eigenvalue weighted by Crippen LogP contribution is -2.15. The second kappa shape index (κ2) is 9.40. The first-order valence-corrected chi connectivity index (χ1v) is 9.27. The van der Waals surface area contributed by atoms with E-state index in [0.29, 0.717) is 18.6 Å². The molecule has 0 fully saturated rings. The molecule has 150 valence electrons. The number of hydrogen-bond acceptors (Lipinski definition) is 5. The van der Waals surface area contributed by atoms with Crippen molar-refractivity contribution in [2.45, 2.75) is 46.1 Å². The molecule has 28 heavy (non-hydrogen) atoms. The maximum Gasteiger partial charge on any atom is 0.338 e. The quantitative estimate of drug-likeness (QED) is 0.660. The van der Waals surface area contributed by atoms with Gasteiger partial charge in [-0.15, -0.1) is 0 Å². The molecular formula is C23H28O5. The predicted molar refractivity (Wildman–Crippen MR) is 108 cm³/mol. The van der Waals surface area contributed by atoms with Gasteiger partial charge in [-0.2, -0.15) is 0 Å². The molecule has 5 heteroatoms. The fourth-order valence-electron chi connectivity index (χ4n) is 2.77. The molecule has 0 heterocycles. The van der Waals surface area contributed by atoms with Gasteiger partial charge in [0.2, 0.25) is 0 Å². The molecule has 0 amide bonds. The predicted octanol–water partition coefficient (Wildman–Crippen LogP) is 4.46. The lowest BCUT2D eigenvalue weighted by molar-refractivity contribution is -0.140. The van der Waals surface area contributed by atoms with Crippen molar-refractivity contribution in [3.8, 4) is 5.75 Å². The van der Waals surface area contributed by atoms with Gasteiger partial charge in [-0.25, -0.2) is 4.79 Å². The van der Waals surface area contributed by atoms with Crippen LogP contribution in [0.25, 0.3) is 0 Å². The Kier molecular flexibility index (Phi) is 7.21. The average molecular weight is 384 g/mol. The fraction of sp³-hybridized carbons (Fsp3) is 0.391. The Labute approximate surface area is 166 Å². The van der Waals surface area contributed by atoms with E-state index in [2.05, 4.69) is 20.8 Å². The summed E-state index contributed by atoms with van der Waals surface area (Å²) in [5, 5.41) is 0. The van der Waals surface area contributed by atoms with E-state index in [-0.39, 0.29) is 24.0 Å². The fourth-order valence-corrected chi connectivity index (χ4v) is 2.77. The van der Waals surface area contributed by atoms with Crippen molar-refractivity contribution >= 4 is 11.9 Å². The van der Waals surface area contributed by atoms with Gasteiger partial charge in [0.15, 0.2) is 0 Å². The van der Waals surface area contributed by atoms with Crippen molar-refractivity contribution in [2.24, 2.45) is 0 Å². The molecule has 0 bridgehead atoms. The van der Waals surface area contributed by atoms with Gasteiger partial charge < -0.3 is 14.2 Å². The van der Waals surface area contributed by atoms with Gasteiger partial charge in [0, 0.05) is 18.9 Å². The topological polar surface area (TPSA) is 61.8 Å². The molecular weight excluding hydrogens is 356 g/mol. The zero-order chi connectivity index (χ0) is 20.7. The van der Waals surface area contributed by atoms with Crippen LogP contribution < -0.4 is 4.74 Å². The second-order valence-corrected chi connectivity index (χ2v) is 7.65. The number of rotatable bonds is 7. The Morgan fingerprint density at radius 3 is 2.14 bits per heavy atom. The molecule has 0 N–H and O–H groups in total. The number of methoxy groups -OCH3 is 1. The van der Waals surface area contributed by atoms with Crippen LogP contribution in [0.1, 0.15) is 54.7 Å². The van der Waals surface area contributed by atoms with Crippen LogP contribution in [0, 0.1) is 0 Å². The van der Waals surface area contributed by atoms with Crippen molar-refractivity contribution in [2.75, 3.05) is 13.7 Å². The summed E-state index contributed by atoms with van der Waals surface area (Å²) >= 11 is 0. The van der Waals surface area contributed by atoms with E-state index >= 15 is 0 Å². The molecule has 0 aliphatic rings. The Balaban J connectivity index is 1.97. The van der Waals surface area contributed by atoms with Crippen molar-refractivity contribution in [3.63, 3.8) is 0 Å². The molecule has 0 unspecified atom stereocenters. The van der Waals surface area contributed by atoms with Crippen molar-refractivity contribution in [3.05, 3.63) is 64.7 Å². The third kappa shape index (κ3) is 6.12. The normalized spacial score (nSPS) is 11.0. The Hall–Kier alpha value is -2.82. The number of esters is 2. The summed E-state index contributed by atoms with van der Waals surface area (Å²) in [6.45, 7) is 8.16. The van der Waals surface area contributed by atoms with Crippen LogP contribution in [0.2, 0.25) is 0 Å². The van der Waals surface area contributed by atoms with Gasteiger partial charge in [0.25, 0.3) is 0 Å². The third-order valence-electron chi connectivity index (χ3n) is 4.33. The summed E-state index contributed by atoms with van der Waals surface area (Å²) in [7, 11) is 1.62. The maximum absolute atomic E-state index is 12.5. The van der Waals surface area contributed by atoms with E-state index in [1.165, 1.54) is 6.92 Å². The first-order valence-electron chi connectivity index (χ1n) is 9.27. The van der Waals surface area contributed by atoms with Gasteiger partial charge in [-0.1, -0.05) is 45.0 Å². The summed E-state index contributed by atoms with van der Waals surface area (Å²) in [5.41, 5.74) is 3.27. The zero-order valence-corrected chi connectivity index (χ0v) is 17.2. The van der Waals surface area contributed by atoms with E-state index in [4.69, 9.17) is 14.2 Å².